The fraction of sp³-hybridized carbons (Fsp3) is 0.500. The highest BCUT2D eigenvalue weighted by Crippen LogP contribution is 2.15. The second-order valence-electron chi connectivity index (χ2n) is 3.62. The molecule has 16 heavy (non-hydrogen) atoms. The average molecular weight is 225 g/mol. The van der Waals surface area contributed by atoms with Crippen LogP contribution in [0.4, 0.5) is 5.69 Å². The lowest BCUT2D eigenvalue weighted by Crippen LogP contribution is -2.23. The van der Waals surface area contributed by atoms with Gasteiger partial charge in [0.05, 0.1) is 19.3 Å². The Morgan fingerprint density at radius 2 is 2.12 bits per heavy atom. The molecular formula is C12H19NO3. The summed E-state index contributed by atoms with van der Waals surface area (Å²) < 4.78 is 5.03. The summed E-state index contributed by atoms with van der Waals surface area (Å²) in [5.41, 5.74) is 2.13. The third-order valence-corrected chi connectivity index (χ3v) is 2.33. The molecule has 1 rings (SSSR count). The second kappa shape index (κ2) is 7.22. The summed E-state index contributed by atoms with van der Waals surface area (Å²) in [6, 6.07) is 7.88. The van der Waals surface area contributed by atoms with Crippen LogP contribution in [0.5, 0.6) is 0 Å². The topological polar surface area (TPSA) is 61.7 Å². The van der Waals surface area contributed by atoms with E-state index in [2.05, 4.69) is 5.32 Å². The van der Waals surface area contributed by atoms with E-state index in [0.29, 0.717) is 13.2 Å². The van der Waals surface area contributed by atoms with Crippen molar-refractivity contribution in [3.05, 3.63) is 29.8 Å². The van der Waals surface area contributed by atoms with Gasteiger partial charge in [-0.1, -0.05) is 18.2 Å². The van der Waals surface area contributed by atoms with Crippen molar-refractivity contribution in [3.63, 3.8) is 0 Å². The van der Waals surface area contributed by atoms with Crippen LogP contribution in [0.25, 0.3) is 0 Å². The van der Waals surface area contributed by atoms with E-state index in [4.69, 9.17) is 9.84 Å². The number of ether oxygens (including phenoxy) is 1. The minimum absolute atomic E-state index is 0.229. The summed E-state index contributed by atoms with van der Waals surface area (Å²) in [4.78, 5) is 0. The van der Waals surface area contributed by atoms with Crippen molar-refractivity contribution < 1.29 is 14.9 Å². The number of aliphatic hydroxyl groups excluding tert-OH is 2. The summed E-state index contributed by atoms with van der Waals surface area (Å²) in [7, 11) is 1.67. The molecule has 1 atom stereocenters. The quantitative estimate of drug-likeness (QED) is 0.637. The van der Waals surface area contributed by atoms with Crippen LogP contribution in [-0.4, -0.2) is 43.2 Å². The smallest absolute Gasteiger partial charge is 0.0942 e. The number of methoxy groups -OCH3 is 1. The van der Waals surface area contributed by atoms with E-state index in [9.17, 15) is 5.11 Å². The van der Waals surface area contributed by atoms with Crippen molar-refractivity contribution in [2.24, 2.45) is 0 Å². The predicted octanol–water partition coefficient (Wildman–Crippen LogP) is 0.641. The van der Waals surface area contributed by atoms with Crippen LogP contribution >= 0.6 is 0 Å². The Bertz CT molecular complexity index is 304. The molecule has 0 aliphatic carbocycles. The van der Waals surface area contributed by atoms with Crippen LogP contribution in [0.3, 0.4) is 0 Å². The Hall–Kier alpha value is -1.10. The number of nitrogens with one attached hydrogen (secondary N) is 1. The van der Waals surface area contributed by atoms with E-state index in [0.717, 1.165) is 17.7 Å². The van der Waals surface area contributed by atoms with Crippen LogP contribution in [0.2, 0.25) is 0 Å². The molecule has 0 aliphatic heterocycles. The highest BCUT2D eigenvalue weighted by molar-refractivity contribution is 5.51. The maximum atomic E-state index is 9.25. The summed E-state index contributed by atoms with van der Waals surface area (Å²) >= 11 is 0. The molecule has 4 heteroatoms. The first kappa shape index (κ1) is 13.0. The van der Waals surface area contributed by atoms with E-state index in [1.807, 2.05) is 24.3 Å². The molecule has 0 bridgehead atoms. The zero-order chi connectivity index (χ0) is 11.8. The summed E-state index contributed by atoms with van der Waals surface area (Å²) in [6.45, 7) is 0.787. The number of rotatable bonds is 7. The van der Waals surface area contributed by atoms with Gasteiger partial charge in [-0.2, -0.15) is 0 Å². The Labute approximate surface area is 95.9 Å². The predicted molar refractivity (Wildman–Crippen MR) is 63.6 cm³/mol. The number of aliphatic hydroxyl groups is 2. The highest BCUT2D eigenvalue weighted by atomic mass is 16.5. The lowest BCUT2D eigenvalue weighted by molar-refractivity contribution is 0.105. The van der Waals surface area contributed by atoms with E-state index in [-0.39, 0.29) is 6.61 Å². The van der Waals surface area contributed by atoms with Crippen molar-refractivity contribution in [2.45, 2.75) is 12.5 Å². The maximum Gasteiger partial charge on any atom is 0.0942 e. The van der Waals surface area contributed by atoms with Crippen molar-refractivity contribution in [1.82, 2.24) is 0 Å². The van der Waals surface area contributed by atoms with E-state index >= 15 is 0 Å². The number of hydrogen-bond donors (Lipinski definition) is 3. The number of benzene rings is 1. The molecule has 0 spiro atoms. The standard InChI is InChI=1S/C12H19NO3/c1-16-7-6-10-4-2-3-5-12(10)13-8-11(15)9-14/h2-5,11,13-15H,6-9H2,1H3/t11-/m0/s1. The highest BCUT2D eigenvalue weighted by Gasteiger charge is 2.04. The van der Waals surface area contributed by atoms with Gasteiger partial charge in [-0.3, -0.25) is 0 Å². The number of hydrogen-bond acceptors (Lipinski definition) is 4. The Morgan fingerprint density at radius 3 is 2.81 bits per heavy atom. The lowest BCUT2D eigenvalue weighted by atomic mass is 10.1. The van der Waals surface area contributed by atoms with Crippen LogP contribution in [0.15, 0.2) is 24.3 Å². The van der Waals surface area contributed by atoms with Crippen molar-refractivity contribution in [1.29, 1.82) is 0 Å². The molecule has 0 unspecified atom stereocenters. The molecule has 0 saturated carbocycles. The fourth-order valence-corrected chi connectivity index (χ4v) is 1.42. The minimum Gasteiger partial charge on any atom is -0.394 e. The van der Waals surface area contributed by atoms with Gasteiger partial charge in [0, 0.05) is 19.3 Å². The number of para-hydroxylation sites is 1. The molecule has 0 aromatic heterocycles. The lowest BCUT2D eigenvalue weighted by Gasteiger charge is -2.13. The normalized spacial score (nSPS) is 12.4. The largest absolute Gasteiger partial charge is 0.394 e. The summed E-state index contributed by atoms with van der Waals surface area (Å²) in [6.07, 6.45) is 0.102. The first-order valence-corrected chi connectivity index (χ1v) is 5.37. The van der Waals surface area contributed by atoms with Gasteiger partial charge in [-0.15, -0.1) is 0 Å². The Balaban J connectivity index is 2.56. The van der Waals surface area contributed by atoms with Gasteiger partial charge < -0.3 is 20.3 Å². The third kappa shape index (κ3) is 4.18. The molecule has 3 N–H and O–H groups in total. The molecule has 0 aliphatic rings. The third-order valence-electron chi connectivity index (χ3n) is 2.33. The van der Waals surface area contributed by atoms with Gasteiger partial charge in [-0.05, 0) is 18.1 Å². The van der Waals surface area contributed by atoms with E-state index < -0.39 is 6.10 Å². The van der Waals surface area contributed by atoms with E-state index in [1.54, 1.807) is 7.11 Å². The van der Waals surface area contributed by atoms with Crippen molar-refractivity contribution in [3.8, 4) is 0 Å². The maximum absolute atomic E-state index is 9.25. The zero-order valence-electron chi connectivity index (χ0n) is 9.52. The summed E-state index contributed by atoms with van der Waals surface area (Å²) in [5, 5.41) is 21.1. The zero-order valence-corrected chi connectivity index (χ0v) is 9.52. The van der Waals surface area contributed by atoms with Crippen molar-refractivity contribution >= 4 is 5.69 Å². The molecular weight excluding hydrogens is 206 g/mol. The minimum atomic E-state index is -0.726. The molecule has 4 nitrogen and oxygen atoms in total. The molecule has 0 fully saturated rings. The molecule has 1 aromatic carbocycles. The first-order valence-electron chi connectivity index (χ1n) is 5.37. The van der Waals surface area contributed by atoms with Gasteiger partial charge in [-0.25, -0.2) is 0 Å². The van der Waals surface area contributed by atoms with Crippen LogP contribution in [0, 0.1) is 0 Å². The average Bonchev–Trinajstić information content (AvgIpc) is 2.34. The molecule has 1 aromatic rings. The van der Waals surface area contributed by atoms with Crippen LogP contribution in [0.1, 0.15) is 5.56 Å². The summed E-state index contributed by atoms with van der Waals surface area (Å²) in [5.74, 6) is 0. The molecule has 90 valence electrons. The molecule has 0 radical (unpaired) electrons. The van der Waals surface area contributed by atoms with Crippen LogP contribution < -0.4 is 5.32 Å². The SMILES string of the molecule is COCCc1ccccc1NC[C@H](O)CO. The Kier molecular flexibility index (Phi) is 5.85. The fourth-order valence-electron chi connectivity index (χ4n) is 1.42. The monoisotopic (exact) mass is 225 g/mol. The van der Waals surface area contributed by atoms with Gasteiger partial charge in [0.1, 0.15) is 0 Å². The molecule has 0 saturated heterocycles. The number of anilines is 1. The van der Waals surface area contributed by atoms with Gasteiger partial charge in [0.15, 0.2) is 0 Å². The van der Waals surface area contributed by atoms with Crippen molar-refractivity contribution in [2.75, 3.05) is 32.2 Å². The molecule has 0 heterocycles. The van der Waals surface area contributed by atoms with Crippen LogP contribution in [-0.2, 0) is 11.2 Å². The second-order valence-corrected chi connectivity index (χ2v) is 3.62. The van der Waals surface area contributed by atoms with Gasteiger partial charge >= 0.3 is 0 Å². The first-order chi connectivity index (χ1) is 7.77. The Morgan fingerprint density at radius 1 is 1.38 bits per heavy atom. The van der Waals surface area contributed by atoms with E-state index in [1.165, 1.54) is 0 Å². The van der Waals surface area contributed by atoms with Gasteiger partial charge in [0.25, 0.3) is 0 Å². The molecule has 0 amide bonds. The van der Waals surface area contributed by atoms with Gasteiger partial charge in [0.2, 0.25) is 0 Å².